The number of Topliss-reactive ketones (excluding diaryl/α,β-unsaturated/α-hetero) is 1. The minimum Gasteiger partial charge on any atom is -0.305 e. The third-order valence-corrected chi connectivity index (χ3v) is 15.5. The number of rotatable bonds is 5. The van der Waals surface area contributed by atoms with Crippen LogP contribution >= 0.6 is 7.29 Å². The summed E-state index contributed by atoms with van der Waals surface area (Å²) in [4.78, 5) is 13.1. The molecule has 41 heavy (non-hydrogen) atoms. The molecule has 1 heterocycles. The summed E-state index contributed by atoms with van der Waals surface area (Å²) < 4.78 is 19.5. The Kier molecular flexibility index (Phi) is 6.60. The van der Waals surface area contributed by atoms with Gasteiger partial charge in [-0.05, 0) is 59.0 Å². The molecule has 3 aromatic carbocycles. The summed E-state index contributed by atoms with van der Waals surface area (Å²) in [5.74, 6) is 0.862. The summed E-state index contributed by atoms with van der Waals surface area (Å²) in [6.45, 7) is 4.58. The van der Waals surface area contributed by atoms with E-state index >= 15 is 4.57 Å². The summed E-state index contributed by atoms with van der Waals surface area (Å²) in [6, 6.07) is 27.9. The molecule has 3 nitrogen and oxygen atoms in total. The van der Waals surface area contributed by atoms with Gasteiger partial charge in [-0.1, -0.05) is 123 Å². The largest absolute Gasteiger partial charge is 0.305 e. The van der Waals surface area contributed by atoms with Crippen LogP contribution in [0.15, 0.2) is 91.0 Å². The number of carbonyl (C=O) groups excluding carboxylic acids is 1. The van der Waals surface area contributed by atoms with Crippen LogP contribution in [0, 0.1) is 23.7 Å². The maximum atomic E-state index is 17.2. The molecular formula is C37H40NO2P. The molecule has 3 aliphatic carbocycles. The number of benzene rings is 3. The smallest absolute Gasteiger partial charge is 0.169 e. The molecule has 2 fully saturated rings. The van der Waals surface area contributed by atoms with Gasteiger partial charge in [0.2, 0.25) is 0 Å². The predicted octanol–water partition coefficient (Wildman–Crippen LogP) is 9.29. The Bertz CT molecular complexity index is 1590. The molecule has 0 N–H and O–H groups in total. The molecule has 4 aliphatic rings. The lowest BCUT2D eigenvalue weighted by molar-refractivity contribution is -0.117. The Morgan fingerprint density at radius 3 is 2.34 bits per heavy atom. The standard InChI is InChI=1S/C37H40NO2P/c1-4-25(2)31-22-18-26-12-8-10-16-32(26)36(31)41(40)37(29-20-21-30(39)24-29)33-17-11-9-13-27(33)19-23-34(37)35(38(41)3)28-14-6-5-7-15-28/h5-19,22-23,25,29,31,34-36H,4,20-21,24H2,1-3H3/t25?,29-,31+,34-,35+,36-,37-,41-/m1/s1. The van der Waals surface area contributed by atoms with Crippen molar-refractivity contribution in [3.8, 4) is 0 Å². The van der Waals surface area contributed by atoms with E-state index in [1.165, 1.54) is 22.3 Å². The first-order valence-corrected chi connectivity index (χ1v) is 17.1. The monoisotopic (exact) mass is 561 g/mol. The quantitative estimate of drug-likeness (QED) is 0.291. The van der Waals surface area contributed by atoms with E-state index in [1.807, 2.05) is 0 Å². The summed E-state index contributed by atoms with van der Waals surface area (Å²) in [5, 5.41) is -0.658. The van der Waals surface area contributed by atoms with Gasteiger partial charge in [0.15, 0.2) is 7.29 Å². The average Bonchev–Trinajstić information content (AvgIpc) is 3.54. The van der Waals surface area contributed by atoms with Crippen LogP contribution in [0.4, 0.5) is 0 Å². The van der Waals surface area contributed by atoms with Crippen molar-refractivity contribution in [2.75, 3.05) is 7.05 Å². The lowest BCUT2D eigenvalue weighted by Crippen LogP contribution is -2.43. The van der Waals surface area contributed by atoms with Crippen molar-refractivity contribution >= 4 is 25.2 Å². The Morgan fingerprint density at radius 1 is 0.927 bits per heavy atom. The second kappa shape index (κ2) is 10.1. The highest BCUT2D eigenvalue weighted by Gasteiger charge is 2.72. The minimum absolute atomic E-state index is 0.00202. The van der Waals surface area contributed by atoms with E-state index in [0.717, 1.165) is 18.4 Å². The molecule has 1 saturated carbocycles. The van der Waals surface area contributed by atoms with Crippen molar-refractivity contribution in [1.29, 1.82) is 0 Å². The van der Waals surface area contributed by atoms with Crippen LogP contribution in [0.5, 0.6) is 0 Å². The first-order chi connectivity index (χ1) is 19.9. The third-order valence-electron chi connectivity index (χ3n) is 11.0. The van der Waals surface area contributed by atoms with Crippen molar-refractivity contribution in [3.63, 3.8) is 0 Å². The van der Waals surface area contributed by atoms with Crippen molar-refractivity contribution in [2.45, 2.75) is 56.4 Å². The Hall–Kier alpha value is -3.00. The number of ketones is 1. The number of hydrogen-bond acceptors (Lipinski definition) is 2. The second-order valence-corrected chi connectivity index (χ2v) is 15.9. The van der Waals surface area contributed by atoms with Crippen molar-refractivity contribution in [3.05, 3.63) is 119 Å². The highest BCUT2D eigenvalue weighted by atomic mass is 31.2. The summed E-state index contributed by atoms with van der Waals surface area (Å²) in [7, 11) is -1.17. The molecule has 0 bridgehead atoms. The van der Waals surface area contributed by atoms with Gasteiger partial charge in [0.25, 0.3) is 0 Å². The van der Waals surface area contributed by atoms with Gasteiger partial charge in [-0.15, -0.1) is 0 Å². The van der Waals surface area contributed by atoms with Gasteiger partial charge in [0.05, 0.1) is 10.8 Å². The number of allylic oxidation sites excluding steroid dienone is 1. The predicted molar refractivity (Wildman–Crippen MR) is 169 cm³/mol. The molecule has 7 rings (SSSR count). The SMILES string of the molecule is CCC(C)[C@@H]1C=Cc2ccccc2[C@@H]1[P@]1(=O)N(C)[C@@H](c2ccccc2)[C@H]2C=Cc3ccccc3[C@]21[C@@H]1CCC(=O)C1. The normalized spacial score (nSPS) is 34.7. The van der Waals surface area contributed by atoms with E-state index in [9.17, 15) is 4.79 Å². The number of carbonyl (C=O) groups is 1. The van der Waals surface area contributed by atoms with E-state index in [0.29, 0.717) is 24.5 Å². The van der Waals surface area contributed by atoms with E-state index in [-0.39, 0.29) is 29.5 Å². The van der Waals surface area contributed by atoms with Crippen LogP contribution in [0.25, 0.3) is 12.2 Å². The second-order valence-electron chi connectivity index (χ2n) is 12.7. The molecule has 4 heteroatoms. The van der Waals surface area contributed by atoms with Crippen LogP contribution in [-0.4, -0.2) is 17.5 Å². The van der Waals surface area contributed by atoms with E-state index in [1.54, 1.807) is 0 Å². The van der Waals surface area contributed by atoms with Crippen molar-refractivity contribution < 1.29 is 9.36 Å². The molecule has 1 unspecified atom stereocenters. The third kappa shape index (κ3) is 3.68. The first-order valence-electron chi connectivity index (χ1n) is 15.4. The van der Waals surface area contributed by atoms with Gasteiger partial charge < -0.3 is 4.57 Å². The van der Waals surface area contributed by atoms with E-state index in [4.69, 9.17) is 0 Å². The molecular weight excluding hydrogens is 521 g/mol. The van der Waals surface area contributed by atoms with Crippen LogP contribution in [0.1, 0.15) is 79.0 Å². The van der Waals surface area contributed by atoms with Crippen molar-refractivity contribution in [2.24, 2.45) is 23.7 Å². The van der Waals surface area contributed by atoms with Gasteiger partial charge >= 0.3 is 0 Å². The molecule has 8 atom stereocenters. The number of nitrogens with zero attached hydrogens (tertiary/aromatic N) is 1. The zero-order chi connectivity index (χ0) is 28.4. The molecule has 0 spiro atoms. The fraction of sp³-hybridized carbons (Fsp3) is 0.378. The van der Waals surface area contributed by atoms with E-state index < -0.39 is 12.4 Å². The van der Waals surface area contributed by atoms with Crippen LogP contribution < -0.4 is 0 Å². The fourth-order valence-corrected chi connectivity index (χ4v) is 14.5. The Balaban J connectivity index is 1.59. The molecule has 0 amide bonds. The Morgan fingerprint density at radius 2 is 1.61 bits per heavy atom. The fourth-order valence-electron chi connectivity index (χ4n) is 9.05. The molecule has 0 radical (unpaired) electrons. The highest BCUT2D eigenvalue weighted by Crippen LogP contribution is 2.88. The number of hydrogen-bond donors (Lipinski definition) is 0. The average molecular weight is 562 g/mol. The van der Waals surface area contributed by atoms with Crippen LogP contribution in [0.2, 0.25) is 0 Å². The molecule has 3 aromatic rings. The summed E-state index contributed by atoms with van der Waals surface area (Å²) >= 11 is 0. The minimum atomic E-state index is -3.31. The topological polar surface area (TPSA) is 37.4 Å². The zero-order valence-corrected chi connectivity index (χ0v) is 25.2. The number of fused-ring (bicyclic) bond motifs is 4. The van der Waals surface area contributed by atoms with Gasteiger partial charge in [-0.25, -0.2) is 4.67 Å². The maximum Gasteiger partial charge on any atom is 0.169 e. The molecule has 1 aliphatic heterocycles. The highest BCUT2D eigenvalue weighted by molar-refractivity contribution is 7.63. The summed E-state index contributed by atoms with van der Waals surface area (Å²) in [6.07, 6.45) is 12.2. The lowest BCUT2D eigenvalue weighted by atomic mass is 9.67. The lowest BCUT2D eigenvalue weighted by Gasteiger charge is -2.51. The van der Waals surface area contributed by atoms with Gasteiger partial charge in [-0.2, -0.15) is 0 Å². The first kappa shape index (κ1) is 26.9. The molecule has 1 saturated heterocycles. The van der Waals surface area contributed by atoms with Gasteiger partial charge in [-0.3, -0.25) is 4.79 Å². The maximum absolute atomic E-state index is 17.2. The zero-order valence-electron chi connectivity index (χ0n) is 24.3. The van der Waals surface area contributed by atoms with Crippen LogP contribution in [-0.2, 0) is 14.5 Å². The van der Waals surface area contributed by atoms with E-state index in [2.05, 4.69) is 129 Å². The Labute approximate surface area is 244 Å². The molecule has 0 aromatic heterocycles. The van der Waals surface area contributed by atoms with Gasteiger partial charge in [0, 0.05) is 24.8 Å². The molecule has 210 valence electrons. The summed E-state index contributed by atoms with van der Waals surface area (Å²) in [5.41, 5.74) is 5.78. The van der Waals surface area contributed by atoms with Gasteiger partial charge in [0.1, 0.15) is 5.78 Å². The van der Waals surface area contributed by atoms with Crippen molar-refractivity contribution in [1.82, 2.24) is 4.67 Å². The van der Waals surface area contributed by atoms with Crippen LogP contribution in [0.3, 0.4) is 0 Å².